The summed E-state index contributed by atoms with van der Waals surface area (Å²) in [6, 6.07) is 8.28. The number of nitrogens with two attached hydrogens (primary N) is 1. The number of imidazole rings is 1. The Bertz CT molecular complexity index is 564. The molecule has 0 spiro atoms. The topological polar surface area (TPSA) is 53.1 Å². The number of ether oxygens (including phenoxy) is 1. The van der Waals surface area contributed by atoms with Gasteiger partial charge in [-0.15, -0.1) is 0 Å². The van der Waals surface area contributed by atoms with Gasteiger partial charge in [0.1, 0.15) is 5.82 Å². The summed E-state index contributed by atoms with van der Waals surface area (Å²) in [5.74, 6) is 1.06. The van der Waals surface area contributed by atoms with E-state index < -0.39 is 0 Å². The lowest BCUT2D eigenvalue weighted by molar-refractivity contribution is 0.127. The molecule has 110 valence electrons. The highest BCUT2D eigenvalue weighted by atomic mass is 16.5. The zero-order valence-corrected chi connectivity index (χ0v) is 12.7. The summed E-state index contributed by atoms with van der Waals surface area (Å²) < 4.78 is 7.58. The smallest absolute Gasteiger partial charge is 0.111 e. The van der Waals surface area contributed by atoms with Crippen molar-refractivity contribution < 1.29 is 4.74 Å². The minimum Gasteiger partial charge on any atom is -0.383 e. The Morgan fingerprint density at radius 2 is 2.05 bits per heavy atom. The summed E-state index contributed by atoms with van der Waals surface area (Å²) >= 11 is 0. The zero-order chi connectivity index (χ0) is 14.6. The quantitative estimate of drug-likeness (QED) is 0.845. The van der Waals surface area contributed by atoms with E-state index >= 15 is 0 Å². The minimum absolute atomic E-state index is 0.346. The molecule has 0 aliphatic carbocycles. The van der Waals surface area contributed by atoms with Crippen molar-refractivity contribution in [2.45, 2.75) is 45.2 Å². The van der Waals surface area contributed by atoms with Crippen LogP contribution in [-0.4, -0.2) is 28.8 Å². The van der Waals surface area contributed by atoms with Crippen LogP contribution in [0.3, 0.4) is 0 Å². The number of aromatic nitrogens is 2. The van der Waals surface area contributed by atoms with Crippen LogP contribution < -0.4 is 5.73 Å². The van der Waals surface area contributed by atoms with Gasteiger partial charge in [0.25, 0.3) is 0 Å². The van der Waals surface area contributed by atoms with Crippen molar-refractivity contribution in [3.05, 3.63) is 30.1 Å². The lowest BCUT2D eigenvalue weighted by Crippen LogP contribution is -2.46. The number of fused-ring (bicyclic) bond motifs is 1. The number of aryl methyl sites for hydroxylation is 1. The molecule has 1 aromatic heterocycles. The maximum atomic E-state index is 6.45. The minimum atomic E-state index is -0.346. The van der Waals surface area contributed by atoms with Crippen molar-refractivity contribution in [1.29, 1.82) is 0 Å². The molecule has 0 saturated carbocycles. The van der Waals surface area contributed by atoms with E-state index in [9.17, 15) is 0 Å². The molecule has 0 amide bonds. The summed E-state index contributed by atoms with van der Waals surface area (Å²) in [4.78, 5) is 4.77. The van der Waals surface area contributed by atoms with Crippen molar-refractivity contribution in [3.63, 3.8) is 0 Å². The highest BCUT2D eigenvalue weighted by Crippen LogP contribution is 2.21. The Morgan fingerprint density at radius 1 is 1.30 bits per heavy atom. The molecule has 1 heterocycles. The Hall–Kier alpha value is -1.39. The third-order valence-electron chi connectivity index (χ3n) is 3.83. The fraction of sp³-hybridized carbons (Fsp3) is 0.562. The molecule has 0 fully saturated rings. The molecule has 4 heteroatoms. The fourth-order valence-electron chi connectivity index (χ4n) is 2.61. The van der Waals surface area contributed by atoms with Crippen molar-refractivity contribution in [2.75, 3.05) is 13.7 Å². The molecule has 0 radical (unpaired) electrons. The van der Waals surface area contributed by atoms with E-state index in [1.807, 2.05) is 6.07 Å². The van der Waals surface area contributed by atoms with E-state index in [0.29, 0.717) is 6.61 Å². The summed E-state index contributed by atoms with van der Waals surface area (Å²) in [6.07, 6.45) is 2.70. The predicted molar refractivity (Wildman–Crippen MR) is 82.8 cm³/mol. The maximum Gasteiger partial charge on any atom is 0.111 e. The van der Waals surface area contributed by atoms with Gasteiger partial charge in [0.05, 0.1) is 17.6 Å². The number of benzene rings is 1. The summed E-state index contributed by atoms with van der Waals surface area (Å²) in [6.45, 7) is 5.82. The van der Waals surface area contributed by atoms with Crippen molar-refractivity contribution in [3.8, 4) is 0 Å². The summed E-state index contributed by atoms with van der Waals surface area (Å²) in [7, 11) is 1.70. The summed E-state index contributed by atoms with van der Waals surface area (Å²) in [5.41, 5.74) is 8.35. The number of rotatable bonds is 7. The normalized spacial score (nSPS) is 14.6. The molecule has 2 rings (SSSR count). The highest BCUT2D eigenvalue weighted by Gasteiger charge is 2.26. The van der Waals surface area contributed by atoms with Crippen LogP contribution in [0.15, 0.2) is 24.3 Å². The van der Waals surface area contributed by atoms with Gasteiger partial charge in [-0.2, -0.15) is 0 Å². The Kier molecular flexibility index (Phi) is 4.78. The molecule has 1 unspecified atom stereocenters. The molecule has 20 heavy (non-hydrogen) atoms. The van der Waals surface area contributed by atoms with Crippen LogP contribution >= 0.6 is 0 Å². The average molecular weight is 275 g/mol. The number of methoxy groups -OCH3 is 1. The second-order valence-electron chi connectivity index (χ2n) is 5.49. The standard InChI is InChI=1S/C16H25N3O/c1-4-10-19-14-9-7-6-8-13(14)18-15(19)11-16(17,5-2)12-20-3/h6-9H,4-5,10-12,17H2,1-3H3. The Balaban J connectivity index is 2.39. The first kappa shape index (κ1) is 15.0. The van der Waals surface area contributed by atoms with E-state index in [2.05, 4.69) is 36.6 Å². The van der Waals surface area contributed by atoms with Crippen LogP contribution in [0, 0.1) is 0 Å². The molecular weight excluding hydrogens is 250 g/mol. The first-order valence-electron chi connectivity index (χ1n) is 7.35. The van der Waals surface area contributed by atoms with Gasteiger partial charge in [-0.05, 0) is 25.0 Å². The van der Waals surface area contributed by atoms with Crippen LogP contribution in [-0.2, 0) is 17.7 Å². The van der Waals surface area contributed by atoms with Gasteiger partial charge >= 0.3 is 0 Å². The monoisotopic (exact) mass is 275 g/mol. The Morgan fingerprint density at radius 3 is 2.70 bits per heavy atom. The zero-order valence-electron chi connectivity index (χ0n) is 12.7. The highest BCUT2D eigenvalue weighted by molar-refractivity contribution is 5.75. The molecule has 4 nitrogen and oxygen atoms in total. The molecule has 0 aliphatic rings. The second-order valence-corrected chi connectivity index (χ2v) is 5.49. The van der Waals surface area contributed by atoms with Crippen molar-refractivity contribution in [1.82, 2.24) is 9.55 Å². The number of hydrogen-bond acceptors (Lipinski definition) is 3. The number of nitrogens with zero attached hydrogens (tertiary/aromatic N) is 2. The van der Waals surface area contributed by atoms with Crippen LogP contribution in [0.25, 0.3) is 11.0 Å². The molecule has 0 aliphatic heterocycles. The first-order chi connectivity index (χ1) is 9.63. The number of para-hydroxylation sites is 2. The SMILES string of the molecule is CCCn1c(CC(N)(CC)COC)nc2ccccc21. The van der Waals surface area contributed by atoms with Gasteiger partial charge in [-0.25, -0.2) is 4.98 Å². The molecule has 2 aromatic rings. The van der Waals surface area contributed by atoms with E-state index in [1.54, 1.807) is 7.11 Å². The third kappa shape index (κ3) is 3.02. The van der Waals surface area contributed by atoms with Crippen LogP contribution in [0.5, 0.6) is 0 Å². The molecule has 0 bridgehead atoms. The average Bonchev–Trinajstić information content (AvgIpc) is 2.77. The van der Waals surface area contributed by atoms with Gasteiger partial charge < -0.3 is 15.0 Å². The van der Waals surface area contributed by atoms with E-state index in [4.69, 9.17) is 15.5 Å². The molecule has 1 aromatic carbocycles. The van der Waals surface area contributed by atoms with E-state index in [1.165, 1.54) is 5.52 Å². The van der Waals surface area contributed by atoms with Crippen LogP contribution in [0.2, 0.25) is 0 Å². The second kappa shape index (κ2) is 6.37. The number of hydrogen-bond donors (Lipinski definition) is 1. The van der Waals surface area contributed by atoms with Crippen LogP contribution in [0.4, 0.5) is 0 Å². The molecular formula is C16H25N3O. The van der Waals surface area contributed by atoms with Gasteiger partial charge in [-0.1, -0.05) is 26.0 Å². The van der Waals surface area contributed by atoms with Crippen LogP contribution in [0.1, 0.15) is 32.5 Å². The largest absolute Gasteiger partial charge is 0.383 e. The predicted octanol–water partition coefficient (Wildman–Crippen LogP) is 2.74. The van der Waals surface area contributed by atoms with E-state index in [-0.39, 0.29) is 5.54 Å². The molecule has 0 saturated heterocycles. The summed E-state index contributed by atoms with van der Waals surface area (Å²) in [5, 5.41) is 0. The molecule has 2 N–H and O–H groups in total. The van der Waals surface area contributed by atoms with Gasteiger partial charge in [0.2, 0.25) is 0 Å². The van der Waals surface area contributed by atoms with Gasteiger partial charge in [0, 0.05) is 25.6 Å². The maximum absolute atomic E-state index is 6.45. The lowest BCUT2D eigenvalue weighted by atomic mass is 9.94. The Labute approximate surface area is 120 Å². The van der Waals surface area contributed by atoms with Crippen molar-refractivity contribution >= 4 is 11.0 Å². The van der Waals surface area contributed by atoms with E-state index in [0.717, 1.165) is 37.1 Å². The van der Waals surface area contributed by atoms with Gasteiger partial charge in [0.15, 0.2) is 0 Å². The first-order valence-corrected chi connectivity index (χ1v) is 7.35. The lowest BCUT2D eigenvalue weighted by Gasteiger charge is -2.27. The molecule has 1 atom stereocenters. The van der Waals surface area contributed by atoms with Gasteiger partial charge in [-0.3, -0.25) is 0 Å². The third-order valence-corrected chi connectivity index (χ3v) is 3.83. The van der Waals surface area contributed by atoms with Crippen molar-refractivity contribution in [2.24, 2.45) is 5.73 Å². The fourth-order valence-corrected chi connectivity index (χ4v) is 2.61.